The van der Waals surface area contributed by atoms with Crippen molar-refractivity contribution in [2.45, 2.75) is 27.7 Å². The lowest BCUT2D eigenvalue weighted by molar-refractivity contribution is 0.0532. The number of fused-ring (bicyclic) bond motifs is 1. The Hall–Kier alpha value is -3.68. The lowest BCUT2D eigenvalue weighted by Crippen LogP contribution is -2.50. The van der Waals surface area contributed by atoms with E-state index in [4.69, 9.17) is 14.2 Å². The van der Waals surface area contributed by atoms with Gasteiger partial charge >= 0.3 is 0 Å². The number of nitrogens with zero attached hydrogens (tertiary/aromatic N) is 2. The van der Waals surface area contributed by atoms with E-state index in [-0.39, 0.29) is 11.8 Å². The lowest BCUT2D eigenvalue weighted by Gasteiger charge is -2.35. The number of para-hydroxylation sites is 1. The summed E-state index contributed by atoms with van der Waals surface area (Å²) < 4.78 is 17.3. The molecule has 8 nitrogen and oxygen atoms in total. The van der Waals surface area contributed by atoms with Crippen LogP contribution in [0.4, 0.5) is 0 Å². The quantitative estimate of drug-likeness (QED) is 0.522. The van der Waals surface area contributed by atoms with Gasteiger partial charge in [0, 0.05) is 42.6 Å². The van der Waals surface area contributed by atoms with E-state index in [0.29, 0.717) is 74.5 Å². The maximum absolute atomic E-state index is 13.4. The van der Waals surface area contributed by atoms with Crippen molar-refractivity contribution in [2.75, 3.05) is 46.0 Å². The number of amides is 2. The molecule has 4 rings (SSSR count). The molecule has 0 bridgehead atoms. The van der Waals surface area contributed by atoms with Crippen molar-refractivity contribution >= 4 is 22.7 Å². The van der Waals surface area contributed by atoms with Gasteiger partial charge in [0.05, 0.1) is 19.8 Å². The third kappa shape index (κ3) is 4.92. The average Bonchev–Trinajstić information content (AvgIpc) is 3.22. The van der Waals surface area contributed by atoms with Crippen molar-refractivity contribution in [3.8, 4) is 17.2 Å². The summed E-state index contributed by atoms with van der Waals surface area (Å²) in [6.45, 7) is 10.8. The zero-order valence-electron chi connectivity index (χ0n) is 20.8. The first-order valence-corrected chi connectivity index (χ1v) is 12.2. The average molecular weight is 480 g/mol. The second-order valence-corrected chi connectivity index (χ2v) is 8.36. The van der Waals surface area contributed by atoms with Gasteiger partial charge in [-0.2, -0.15) is 0 Å². The first kappa shape index (κ1) is 24.4. The SMILES string of the molecule is CCOc1cc(C(=O)N2CCN(C(=O)c3[nH]c4ccccc4c3C)CC2)cc(OCC)c1OCC. The second-order valence-electron chi connectivity index (χ2n) is 8.36. The molecular formula is C27H33N3O5. The summed E-state index contributed by atoms with van der Waals surface area (Å²) in [5.41, 5.74) is 2.99. The number of rotatable bonds is 8. The molecule has 0 radical (unpaired) electrons. The van der Waals surface area contributed by atoms with Gasteiger partial charge in [-0.15, -0.1) is 0 Å². The third-order valence-electron chi connectivity index (χ3n) is 6.19. The Morgan fingerprint density at radius 3 is 1.91 bits per heavy atom. The molecule has 2 heterocycles. The number of carbonyl (C=O) groups is 2. The van der Waals surface area contributed by atoms with E-state index >= 15 is 0 Å². The van der Waals surface area contributed by atoms with Gasteiger partial charge in [-0.3, -0.25) is 9.59 Å². The summed E-state index contributed by atoms with van der Waals surface area (Å²) in [5, 5.41) is 1.05. The Bertz CT molecular complexity index is 1180. The molecule has 2 aromatic carbocycles. The van der Waals surface area contributed by atoms with E-state index in [0.717, 1.165) is 16.5 Å². The van der Waals surface area contributed by atoms with E-state index < -0.39 is 0 Å². The van der Waals surface area contributed by atoms with Gasteiger partial charge < -0.3 is 29.0 Å². The molecule has 3 aromatic rings. The van der Waals surface area contributed by atoms with Crippen molar-refractivity contribution in [3.05, 3.63) is 53.2 Å². The fourth-order valence-electron chi connectivity index (χ4n) is 4.46. The third-order valence-corrected chi connectivity index (χ3v) is 6.19. The van der Waals surface area contributed by atoms with Gasteiger partial charge in [-0.05, 0) is 51.5 Å². The van der Waals surface area contributed by atoms with E-state index in [1.165, 1.54) is 0 Å². The fraction of sp³-hybridized carbons (Fsp3) is 0.407. The van der Waals surface area contributed by atoms with Crippen LogP contribution in [0.1, 0.15) is 47.2 Å². The van der Waals surface area contributed by atoms with Crippen molar-refractivity contribution in [1.29, 1.82) is 0 Å². The van der Waals surface area contributed by atoms with E-state index in [9.17, 15) is 9.59 Å². The monoisotopic (exact) mass is 479 g/mol. The number of H-pyrrole nitrogens is 1. The highest BCUT2D eigenvalue weighted by atomic mass is 16.5. The molecule has 1 N–H and O–H groups in total. The number of aryl methyl sites for hydroxylation is 1. The number of hydrogen-bond donors (Lipinski definition) is 1. The van der Waals surface area contributed by atoms with Crippen LogP contribution < -0.4 is 14.2 Å². The molecule has 0 unspecified atom stereocenters. The fourth-order valence-corrected chi connectivity index (χ4v) is 4.46. The van der Waals surface area contributed by atoms with Gasteiger partial charge in [0.1, 0.15) is 5.69 Å². The van der Waals surface area contributed by atoms with Crippen LogP contribution in [0.15, 0.2) is 36.4 Å². The molecule has 0 aliphatic carbocycles. The van der Waals surface area contributed by atoms with Crippen LogP contribution in [0.5, 0.6) is 17.2 Å². The van der Waals surface area contributed by atoms with Crippen molar-refractivity contribution in [1.82, 2.24) is 14.8 Å². The molecule has 0 atom stereocenters. The van der Waals surface area contributed by atoms with E-state index in [1.807, 2.05) is 52.0 Å². The number of carbonyl (C=O) groups excluding carboxylic acids is 2. The minimum absolute atomic E-state index is 0.0378. The van der Waals surface area contributed by atoms with Crippen LogP contribution >= 0.6 is 0 Å². The maximum atomic E-state index is 13.4. The minimum atomic E-state index is -0.121. The van der Waals surface area contributed by atoms with Crippen LogP contribution in [0.3, 0.4) is 0 Å². The van der Waals surface area contributed by atoms with E-state index in [1.54, 1.807) is 21.9 Å². The Labute approximate surface area is 205 Å². The normalized spacial score (nSPS) is 13.7. The highest BCUT2D eigenvalue weighted by Gasteiger charge is 2.28. The molecule has 1 aromatic heterocycles. The predicted molar refractivity (Wildman–Crippen MR) is 135 cm³/mol. The number of benzene rings is 2. The molecule has 8 heteroatoms. The molecule has 2 amide bonds. The Morgan fingerprint density at radius 1 is 0.829 bits per heavy atom. The Balaban J connectivity index is 1.49. The van der Waals surface area contributed by atoms with E-state index in [2.05, 4.69) is 4.98 Å². The van der Waals surface area contributed by atoms with Crippen LogP contribution in [0.25, 0.3) is 10.9 Å². The van der Waals surface area contributed by atoms with Crippen LogP contribution in [-0.2, 0) is 0 Å². The highest BCUT2D eigenvalue weighted by molar-refractivity contribution is 6.01. The Morgan fingerprint density at radius 2 is 1.37 bits per heavy atom. The van der Waals surface area contributed by atoms with Gasteiger partial charge in [-0.1, -0.05) is 18.2 Å². The Kier molecular flexibility index (Phi) is 7.48. The summed E-state index contributed by atoms with van der Waals surface area (Å²) in [4.78, 5) is 33.4. The zero-order valence-corrected chi connectivity index (χ0v) is 20.8. The van der Waals surface area contributed by atoms with Crippen molar-refractivity contribution in [2.24, 2.45) is 0 Å². The molecule has 0 spiro atoms. The first-order valence-electron chi connectivity index (χ1n) is 12.2. The molecule has 186 valence electrons. The molecule has 35 heavy (non-hydrogen) atoms. The topological polar surface area (TPSA) is 84.1 Å². The number of aromatic nitrogens is 1. The summed E-state index contributed by atoms with van der Waals surface area (Å²) in [6.07, 6.45) is 0. The predicted octanol–water partition coefficient (Wildman–Crippen LogP) is 4.27. The largest absolute Gasteiger partial charge is 0.490 e. The first-order chi connectivity index (χ1) is 17.0. The number of nitrogens with one attached hydrogen (secondary N) is 1. The van der Waals surface area contributed by atoms with Crippen molar-refractivity contribution in [3.63, 3.8) is 0 Å². The highest BCUT2D eigenvalue weighted by Crippen LogP contribution is 2.39. The summed E-state index contributed by atoms with van der Waals surface area (Å²) >= 11 is 0. The second kappa shape index (κ2) is 10.7. The van der Waals surface area contributed by atoms with Crippen LogP contribution in [0.2, 0.25) is 0 Å². The number of piperazine rings is 1. The van der Waals surface area contributed by atoms with Gasteiger partial charge in [0.2, 0.25) is 5.75 Å². The van der Waals surface area contributed by atoms with Gasteiger partial charge in [0.25, 0.3) is 11.8 Å². The standard InChI is InChI=1S/C27H33N3O5/c1-5-33-22-16-19(17-23(34-6-2)25(22)35-7-3)26(31)29-12-14-30(15-13-29)27(32)24-18(4)20-10-8-9-11-21(20)28-24/h8-11,16-17,28H,5-7,12-15H2,1-4H3. The smallest absolute Gasteiger partial charge is 0.270 e. The molecule has 0 saturated carbocycles. The molecular weight excluding hydrogens is 446 g/mol. The van der Waals surface area contributed by atoms with Crippen LogP contribution in [0, 0.1) is 6.92 Å². The molecule has 1 saturated heterocycles. The molecule has 1 aliphatic heterocycles. The van der Waals surface area contributed by atoms with Gasteiger partial charge in [0.15, 0.2) is 11.5 Å². The van der Waals surface area contributed by atoms with Crippen molar-refractivity contribution < 1.29 is 23.8 Å². The van der Waals surface area contributed by atoms with Gasteiger partial charge in [-0.25, -0.2) is 0 Å². The summed E-state index contributed by atoms with van der Waals surface area (Å²) in [5.74, 6) is 1.34. The molecule has 1 aliphatic rings. The zero-order chi connectivity index (χ0) is 24.9. The number of ether oxygens (including phenoxy) is 3. The minimum Gasteiger partial charge on any atom is -0.490 e. The maximum Gasteiger partial charge on any atom is 0.270 e. The number of aromatic amines is 1. The molecule has 1 fully saturated rings. The number of hydrogen-bond acceptors (Lipinski definition) is 5. The lowest BCUT2D eigenvalue weighted by atomic mass is 10.1. The summed E-state index contributed by atoms with van der Waals surface area (Å²) in [6, 6.07) is 11.3. The van der Waals surface area contributed by atoms with Crippen LogP contribution in [-0.4, -0.2) is 72.6 Å². The summed E-state index contributed by atoms with van der Waals surface area (Å²) in [7, 11) is 0.